The molecule has 1 rings (SSSR count). The van der Waals surface area contributed by atoms with E-state index in [1.807, 2.05) is 32.8 Å². The van der Waals surface area contributed by atoms with E-state index in [0.717, 1.165) is 5.92 Å². The Kier molecular flexibility index (Phi) is 8.64. The molecule has 0 aromatic rings. The van der Waals surface area contributed by atoms with Gasteiger partial charge < -0.3 is 0 Å². The van der Waals surface area contributed by atoms with Crippen LogP contribution in [-0.4, -0.2) is 12.8 Å². The van der Waals surface area contributed by atoms with Crippen molar-refractivity contribution in [1.29, 1.82) is 0 Å². The second-order valence-corrected chi connectivity index (χ2v) is 3.70. The maximum absolute atomic E-state index is 3.11. The fourth-order valence-electron chi connectivity index (χ4n) is 1.38. The molecule has 0 aromatic heterocycles. The van der Waals surface area contributed by atoms with Crippen molar-refractivity contribution in [2.24, 2.45) is 5.92 Å². The summed E-state index contributed by atoms with van der Waals surface area (Å²) in [5.74, 6) is 2.33. The zero-order chi connectivity index (χ0) is 8.53. The highest BCUT2D eigenvalue weighted by Gasteiger charge is 2.13. The SMILES string of the molecule is CC.CNSCC1CCCC1. The van der Waals surface area contributed by atoms with Crippen molar-refractivity contribution in [3.63, 3.8) is 0 Å². The number of rotatable bonds is 3. The molecule has 0 radical (unpaired) electrons. The van der Waals surface area contributed by atoms with E-state index in [0.29, 0.717) is 0 Å². The van der Waals surface area contributed by atoms with E-state index in [1.54, 1.807) is 0 Å². The van der Waals surface area contributed by atoms with Gasteiger partial charge in [0.1, 0.15) is 0 Å². The van der Waals surface area contributed by atoms with Crippen molar-refractivity contribution in [2.45, 2.75) is 39.5 Å². The van der Waals surface area contributed by atoms with Crippen molar-refractivity contribution in [3.8, 4) is 0 Å². The minimum atomic E-state index is 1.02. The summed E-state index contributed by atoms with van der Waals surface area (Å²) in [6.07, 6.45) is 5.87. The zero-order valence-corrected chi connectivity index (χ0v) is 8.84. The standard InChI is InChI=1S/C7H15NS.C2H6/c1-8-9-6-7-4-2-3-5-7;1-2/h7-8H,2-6H2,1H3;1-2H3. The van der Waals surface area contributed by atoms with Gasteiger partial charge >= 0.3 is 0 Å². The number of hydrogen-bond donors (Lipinski definition) is 1. The van der Waals surface area contributed by atoms with Gasteiger partial charge in [-0.1, -0.05) is 38.6 Å². The first kappa shape index (κ1) is 11.3. The molecule has 0 spiro atoms. The Bertz CT molecular complexity index is 70.0. The van der Waals surface area contributed by atoms with Gasteiger partial charge in [0, 0.05) is 5.75 Å². The Morgan fingerprint density at radius 2 is 1.82 bits per heavy atom. The van der Waals surface area contributed by atoms with Crippen LogP contribution in [0.2, 0.25) is 0 Å². The minimum Gasteiger partial charge on any atom is -0.267 e. The van der Waals surface area contributed by atoms with Crippen molar-refractivity contribution in [2.75, 3.05) is 12.8 Å². The van der Waals surface area contributed by atoms with E-state index < -0.39 is 0 Å². The van der Waals surface area contributed by atoms with Crippen LogP contribution in [0.15, 0.2) is 0 Å². The van der Waals surface area contributed by atoms with Crippen molar-refractivity contribution >= 4 is 11.9 Å². The molecule has 1 N–H and O–H groups in total. The van der Waals surface area contributed by atoms with E-state index in [4.69, 9.17) is 0 Å². The fourth-order valence-corrected chi connectivity index (χ4v) is 2.11. The van der Waals surface area contributed by atoms with Gasteiger partial charge in [-0.25, -0.2) is 0 Å². The molecule has 1 saturated carbocycles. The molecule has 1 aliphatic carbocycles. The third kappa shape index (κ3) is 5.57. The summed E-state index contributed by atoms with van der Waals surface area (Å²) >= 11 is 1.86. The van der Waals surface area contributed by atoms with Crippen LogP contribution >= 0.6 is 11.9 Å². The van der Waals surface area contributed by atoms with E-state index >= 15 is 0 Å². The molecule has 1 fully saturated rings. The topological polar surface area (TPSA) is 12.0 Å². The predicted octanol–water partition coefficient (Wildman–Crippen LogP) is 3.07. The van der Waals surface area contributed by atoms with Gasteiger partial charge in [-0.05, 0) is 25.8 Å². The smallest absolute Gasteiger partial charge is 0.0107 e. The Hall–Kier alpha value is 0.310. The van der Waals surface area contributed by atoms with Crippen LogP contribution in [0.5, 0.6) is 0 Å². The largest absolute Gasteiger partial charge is 0.267 e. The number of hydrogen-bond acceptors (Lipinski definition) is 2. The van der Waals surface area contributed by atoms with Crippen LogP contribution in [0.3, 0.4) is 0 Å². The van der Waals surface area contributed by atoms with E-state index in [-0.39, 0.29) is 0 Å². The number of nitrogens with one attached hydrogen (secondary N) is 1. The van der Waals surface area contributed by atoms with Gasteiger partial charge in [-0.2, -0.15) is 0 Å². The third-order valence-electron chi connectivity index (χ3n) is 1.94. The summed E-state index contributed by atoms with van der Waals surface area (Å²) in [5.41, 5.74) is 0. The molecule has 1 nitrogen and oxygen atoms in total. The molecule has 2 heteroatoms. The predicted molar refractivity (Wildman–Crippen MR) is 54.8 cm³/mol. The van der Waals surface area contributed by atoms with Gasteiger partial charge in [-0.3, -0.25) is 4.72 Å². The Labute approximate surface area is 75.5 Å². The van der Waals surface area contributed by atoms with E-state index in [2.05, 4.69) is 4.72 Å². The monoisotopic (exact) mass is 175 g/mol. The summed E-state index contributed by atoms with van der Waals surface area (Å²) < 4.78 is 3.11. The van der Waals surface area contributed by atoms with E-state index in [1.165, 1.54) is 31.4 Å². The lowest BCUT2D eigenvalue weighted by Crippen LogP contribution is -2.02. The second-order valence-electron chi connectivity index (χ2n) is 2.67. The maximum atomic E-state index is 3.11. The van der Waals surface area contributed by atoms with Crippen LogP contribution in [0.4, 0.5) is 0 Å². The van der Waals surface area contributed by atoms with Gasteiger partial charge in [0.2, 0.25) is 0 Å². The molecule has 1 aliphatic rings. The lowest BCUT2D eigenvalue weighted by molar-refractivity contribution is 0.622. The van der Waals surface area contributed by atoms with Crippen LogP contribution in [0, 0.1) is 5.92 Å². The molecule has 0 bridgehead atoms. The third-order valence-corrected chi connectivity index (χ3v) is 2.86. The van der Waals surface area contributed by atoms with Gasteiger partial charge in [-0.15, -0.1) is 0 Å². The zero-order valence-electron chi connectivity index (χ0n) is 8.02. The lowest BCUT2D eigenvalue weighted by Gasteiger charge is -2.05. The Morgan fingerprint density at radius 3 is 2.27 bits per heavy atom. The summed E-state index contributed by atoms with van der Waals surface area (Å²) in [6, 6.07) is 0. The summed E-state index contributed by atoms with van der Waals surface area (Å²) in [6.45, 7) is 4.00. The molecule has 0 saturated heterocycles. The highest BCUT2D eigenvalue weighted by molar-refractivity contribution is 7.97. The fraction of sp³-hybridized carbons (Fsp3) is 1.00. The summed E-state index contributed by atoms with van der Waals surface area (Å²) in [5, 5.41) is 0. The van der Waals surface area contributed by atoms with Gasteiger partial charge in [0.05, 0.1) is 0 Å². The molecule has 0 aliphatic heterocycles. The minimum absolute atomic E-state index is 1.02. The molecule has 0 aromatic carbocycles. The molecule has 68 valence electrons. The van der Waals surface area contributed by atoms with Crippen LogP contribution < -0.4 is 4.72 Å². The quantitative estimate of drug-likeness (QED) is 0.662. The summed E-state index contributed by atoms with van der Waals surface area (Å²) in [7, 11) is 2.00. The highest BCUT2D eigenvalue weighted by Crippen LogP contribution is 2.26. The van der Waals surface area contributed by atoms with Crippen LogP contribution in [0.25, 0.3) is 0 Å². The maximum Gasteiger partial charge on any atom is 0.0107 e. The lowest BCUT2D eigenvalue weighted by atomic mass is 10.1. The summed E-state index contributed by atoms with van der Waals surface area (Å²) in [4.78, 5) is 0. The van der Waals surface area contributed by atoms with Crippen molar-refractivity contribution < 1.29 is 0 Å². The first-order chi connectivity index (χ1) is 5.43. The average molecular weight is 175 g/mol. The van der Waals surface area contributed by atoms with E-state index in [9.17, 15) is 0 Å². The van der Waals surface area contributed by atoms with Crippen LogP contribution in [-0.2, 0) is 0 Å². The Balaban J connectivity index is 0.000000461. The normalized spacial score (nSPS) is 17.7. The van der Waals surface area contributed by atoms with Crippen LogP contribution in [0.1, 0.15) is 39.5 Å². The highest BCUT2D eigenvalue weighted by atomic mass is 32.2. The molecule has 11 heavy (non-hydrogen) atoms. The molecule has 0 unspecified atom stereocenters. The second kappa shape index (κ2) is 8.41. The Morgan fingerprint density at radius 1 is 1.27 bits per heavy atom. The average Bonchev–Trinajstić information content (AvgIpc) is 2.57. The molecule has 0 heterocycles. The molecular weight excluding hydrogens is 154 g/mol. The van der Waals surface area contributed by atoms with Gasteiger partial charge in [0.15, 0.2) is 0 Å². The molecule has 0 atom stereocenters. The first-order valence-corrected chi connectivity index (χ1v) is 5.70. The van der Waals surface area contributed by atoms with Crippen molar-refractivity contribution in [3.05, 3.63) is 0 Å². The molecular formula is C9H21NS. The van der Waals surface area contributed by atoms with Gasteiger partial charge in [0.25, 0.3) is 0 Å². The van der Waals surface area contributed by atoms with Crippen molar-refractivity contribution in [1.82, 2.24) is 4.72 Å². The first-order valence-electron chi connectivity index (χ1n) is 4.72. The molecule has 0 amide bonds.